The standard InChI is InChI=1S/C20H20IN3O2/c1-13-3-4-14(2)18(9-13)24-12-16(10-19(24)25)20(26)23-22-11-15-5-7-17(21)8-6-15/h3-9,11,16H,10,12H2,1-2H3,(H,23,26)/b22-11-/t16-/m1/s1. The van der Waals surface area contributed by atoms with Gasteiger partial charge in [0.25, 0.3) is 0 Å². The topological polar surface area (TPSA) is 61.8 Å². The van der Waals surface area contributed by atoms with E-state index in [1.54, 1.807) is 11.1 Å². The summed E-state index contributed by atoms with van der Waals surface area (Å²) in [5.41, 5.74) is 6.47. The number of nitrogens with one attached hydrogen (secondary N) is 1. The number of nitrogens with zero attached hydrogens (tertiary/aromatic N) is 2. The fourth-order valence-electron chi connectivity index (χ4n) is 2.94. The van der Waals surface area contributed by atoms with Gasteiger partial charge in [-0.15, -0.1) is 0 Å². The molecule has 6 heteroatoms. The molecule has 1 atom stereocenters. The summed E-state index contributed by atoms with van der Waals surface area (Å²) in [7, 11) is 0. The van der Waals surface area contributed by atoms with Crippen LogP contribution in [-0.2, 0) is 9.59 Å². The number of halogens is 1. The zero-order valence-electron chi connectivity index (χ0n) is 14.7. The maximum absolute atomic E-state index is 12.4. The molecule has 0 aromatic heterocycles. The van der Waals surface area contributed by atoms with E-state index in [1.807, 2.05) is 56.3 Å². The summed E-state index contributed by atoms with van der Waals surface area (Å²) in [5, 5.41) is 4.01. The lowest BCUT2D eigenvalue weighted by Crippen LogP contribution is -2.30. The molecule has 2 aromatic rings. The van der Waals surface area contributed by atoms with Gasteiger partial charge in [0.1, 0.15) is 0 Å². The van der Waals surface area contributed by atoms with Gasteiger partial charge in [0, 0.05) is 22.2 Å². The maximum Gasteiger partial charge on any atom is 0.245 e. The predicted molar refractivity (Wildman–Crippen MR) is 111 cm³/mol. The van der Waals surface area contributed by atoms with Crippen LogP contribution in [0.3, 0.4) is 0 Å². The summed E-state index contributed by atoms with van der Waals surface area (Å²) in [6, 6.07) is 13.8. The van der Waals surface area contributed by atoms with Gasteiger partial charge >= 0.3 is 0 Å². The van der Waals surface area contributed by atoms with Crippen LogP contribution in [0.5, 0.6) is 0 Å². The molecular weight excluding hydrogens is 441 g/mol. The van der Waals surface area contributed by atoms with Gasteiger partial charge in [0.2, 0.25) is 11.8 Å². The van der Waals surface area contributed by atoms with Gasteiger partial charge in [0.05, 0.1) is 12.1 Å². The average molecular weight is 461 g/mol. The molecule has 0 bridgehead atoms. The highest BCUT2D eigenvalue weighted by Gasteiger charge is 2.35. The molecule has 5 nitrogen and oxygen atoms in total. The fourth-order valence-corrected chi connectivity index (χ4v) is 3.30. The van der Waals surface area contributed by atoms with Gasteiger partial charge in [0.15, 0.2) is 0 Å². The van der Waals surface area contributed by atoms with Crippen molar-refractivity contribution in [1.82, 2.24) is 5.43 Å². The predicted octanol–water partition coefficient (Wildman–Crippen LogP) is 3.41. The number of carbonyl (C=O) groups is 2. The molecule has 1 saturated heterocycles. The number of benzene rings is 2. The Morgan fingerprint density at radius 3 is 2.69 bits per heavy atom. The van der Waals surface area contributed by atoms with Crippen molar-refractivity contribution in [3.63, 3.8) is 0 Å². The van der Waals surface area contributed by atoms with E-state index in [1.165, 1.54) is 0 Å². The van der Waals surface area contributed by atoms with Crippen LogP contribution in [0, 0.1) is 23.3 Å². The Labute approximate surface area is 166 Å². The third kappa shape index (κ3) is 4.30. The number of anilines is 1. The second kappa shape index (κ2) is 7.99. The molecule has 0 radical (unpaired) electrons. The van der Waals surface area contributed by atoms with E-state index >= 15 is 0 Å². The third-order valence-electron chi connectivity index (χ3n) is 4.41. The van der Waals surface area contributed by atoms with E-state index < -0.39 is 5.92 Å². The highest BCUT2D eigenvalue weighted by Crippen LogP contribution is 2.28. The Hall–Kier alpha value is -2.22. The van der Waals surface area contributed by atoms with Gasteiger partial charge in [-0.05, 0) is 71.3 Å². The first-order valence-corrected chi connectivity index (χ1v) is 9.48. The molecule has 0 unspecified atom stereocenters. The third-order valence-corrected chi connectivity index (χ3v) is 5.13. The molecule has 0 aliphatic carbocycles. The number of hydrogen-bond donors (Lipinski definition) is 1. The van der Waals surface area contributed by atoms with Crippen LogP contribution in [0.4, 0.5) is 5.69 Å². The van der Waals surface area contributed by atoms with Crippen LogP contribution in [0.2, 0.25) is 0 Å². The smallest absolute Gasteiger partial charge is 0.245 e. The lowest BCUT2D eigenvalue weighted by Gasteiger charge is -2.19. The molecule has 1 fully saturated rings. The van der Waals surface area contributed by atoms with Crippen LogP contribution >= 0.6 is 22.6 Å². The zero-order chi connectivity index (χ0) is 18.7. The zero-order valence-corrected chi connectivity index (χ0v) is 16.9. The van der Waals surface area contributed by atoms with Crippen molar-refractivity contribution in [2.24, 2.45) is 11.0 Å². The van der Waals surface area contributed by atoms with Gasteiger partial charge in [-0.1, -0.05) is 24.3 Å². The quantitative estimate of drug-likeness (QED) is 0.431. The van der Waals surface area contributed by atoms with Gasteiger partial charge in [-0.25, -0.2) is 5.43 Å². The fraction of sp³-hybridized carbons (Fsp3) is 0.250. The van der Waals surface area contributed by atoms with Crippen molar-refractivity contribution in [3.05, 3.63) is 62.7 Å². The Morgan fingerprint density at radius 2 is 1.96 bits per heavy atom. The normalized spacial score (nSPS) is 17.1. The number of amides is 2. The molecule has 1 heterocycles. The minimum absolute atomic E-state index is 0.0273. The first kappa shape index (κ1) is 18.6. The number of rotatable bonds is 4. The highest BCUT2D eigenvalue weighted by atomic mass is 127. The van der Waals surface area contributed by atoms with Gasteiger partial charge in [-0.3, -0.25) is 9.59 Å². The summed E-state index contributed by atoms with van der Waals surface area (Å²) in [5.74, 6) is -0.648. The van der Waals surface area contributed by atoms with Crippen molar-refractivity contribution in [2.45, 2.75) is 20.3 Å². The molecule has 26 heavy (non-hydrogen) atoms. The number of aryl methyl sites for hydroxylation is 2. The minimum atomic E-state index is -0.392. The minimum Gasteiger partial charge on any atom is -0.311 e. The first-order valence-electron chi connectivity index (χ1n) is 8.40. The molecular formula is C20H20IN3O2. The van der Waals surface area contributed by atoms with Gasteiger partial charge in [-0.2, -0.15) is 5.10 Å². The van der Waals surface area contributed by atoms with E-state index in [-0.39, 0.29) is 18.2 Å². The lowest BCUT2D eigenvalue weighted by molar-refractivity contribution is -0.126. The largest absolute Gasteiger partial charge is 0.311 e. The maximum atomic E-state index is 12.4. The molecule has 0 saturated carbocycles. The second-order valence-corrected chi connectivity index (χ2v) is 7.73. The van der Waals surface area contributed by atoms with Crippen molar-refractivity contribution in [3.8, 4) is 0 Å². The van der Waals surface area contributed by atoms with E-state index in [0.29, 0.717) is 6.54 Å². The van der Waals surface area contributed by atoms with Crippen LogP contribution in [0.15, 0.2) is 47.6 Å². The molecule has 2 amide bonds. The summed E-state index contributed by atoms with van der Waals surface area (Å²) in [6.45, 7) is 4.35. The second-order valence-electron chi connectivity index (χ2n) is 6.48. The van der Waals surface area contributed by atoms with Crippen molar-refractivity contribution in [1.29, 1.82) is 0 Å². The lowest BCUT2D eigenvalue weighted by atomic mass is 10.1. The summed E-state index contributed by atoms with van der Waals surface area (Å²) in [6.07, 6.45) is 1.81. The molecule has 1 aliphatic heterocycles. The molecule has 134 valence electrons. The van der Waals surface area contributed by atoms with Gasteiger partial charge < -0.3 is 4.90 Å². The molecule has 1 aliphatic rings. The SMILES string of the molecule is Cc1ccc(C)c(N2C[C@H](C(=O)N/N=C\c3ccc(I)cc3)CC2=O)c1. The molecule has 3 rings (SSSR count). The Bertz CT molecular complexity index is 862. The van der Waals surface area contributed by atoms with Crippen LogP contribution in [0.25, 0.3) is 0 Å². The molecule has 2 aromatic carbocycles. The average Bonchev–Trinajstić information content (AvgIpc) is 3.00. The summed E-state index contributed by atoms with van der Waals surface area (Å²) < 4.78 is 1.14. The molecule has 1 N–H and O–H groups in total. The number of hydrazone groups is 1. The van der Waals surface area contributed by atoms with Crippen LogP contribution in [0.1, 0.15) is 23.1 Å². The summed E-state index contributed by atoms with van der Waals surface area (Å²) in [4.78, 5) is 26.4. The number of carbonyl (C=O) groups excluding carboxylic acids is 2. The van der Waals surface area contributed by atoms with Crippen LogP contribution < -0.4 is 10.3 Å². The van der Waals surface area contributed by atoms with E-state index in [4.69, 9.17) is 0 Å². The summed E-state index contributed by atoms with van der Waals surface area (Å²) >= 11 is 2.23. The Kier molecular flexibility index (Phi) is 5.70. The van der Waals surface area contributed by atoms with E-state index in [0.717, 1.165) is 25.9 Å². The number of hydrogen-bond acceptors (Lipinski definition) is 3. The van der Waals surface area contributed by atoms with Crippen molar-refractivity contribution >= 4 is 46.3 Å². The molecule has 0 spiro atoms. The first-order chi connectivity index (χ1) is 12.4. The highest BCUT2D eigenvalue weighted by molar-refractivity contribution is 14.1. The van der Waals surface area contributed by atoms with Crippen LogP contribution in [-0.4, -0.2) is 24.6 Å². The van der Waals surface area contributed by atoms with Crippen molar-refractivity contribution in [2.75, 3.05) is 11.4 Å². The Balaban J connectivity index is 1.63. The monoisotopic (exact) mass is 461 g/mol. The van der Waals surface area contributed by atoms with Crippen molar-refractivity contribution < 1.29 is 9.59 Å². The van der Waals surface area contributed by atoms with E-state index in [2.05, 4.69) is 33.1 Å². The van der Waals surface area contributed by atoms with E-state index in [9.17, 15) is 9.59 Å². The Morgan fingerprint density at radius 1 is 1.23 bits per heavy atom.